The first-order valence-corrected chi connectivity index (χ1v) is 5.99. The van der Waals surface area contributed by atoms with Crippen molar-refractivity contribution in [3.63, 3.8) is 0 Å². The maximum atomic E-state index is 9.94. The molecule has 0 amide bonds. The lowest BCUT2D eigenvalue weighted by atomic mass is 9.90. The molecule has 14 heavy (non-hydrogen) atoms. The summed E-state index contributed by atoms with van der Waals surface area (Å²) in [6.45, 7) is 6.06. The quantitative estimate of drug-likeness (QED) is 0.714. The zero-order chi connectivity index (χ0) is 10.4. The van der Waals surface area contributed by atoms with Crippen LogP contribution in [0.3, 0.4) is 0 Å². The number of hydrogen-bond donors (Lipinski definition) is 1. The lowest BCUT2D eigenvalue weighted by Crippen LogP contribution is -2.23. The standard InChI is InChI=1S/C12H24O2/c1-3-4-5-10(2)8-12(13)11-6-7-14-9-11/h10-13H,3-9H2,1-2H3. The summed E-state index contributed by atoms with van der Waals surface area (Å²) < 4.78 is 5.28. The second-order valence-electron chi connectivity index (χ2n) is 4.67. The van der Waals surface area contributed by atoms with E-state index < -0.39 is 0 Å². The van der Waals surface area contributed by atoms with Gasteiger partial charge in [0.15, 0.2) is 0 Å². The van der Waals surface area contributed by atoms with Gasteiger partial charge in [-0.3, -0.25) is 0 Å². The summed E-state index contributed by atoms with van der Waals surface area (Å²) in [7, 11) is 0. The Bertz CT molecular complexity index is 141. The highest BCUT2D eigenvalue weighted by atomic mass is 16.5. The summed E-state index contributed by atoms with van der Waals surface area (Å²) in [6, 6.07) is 0. The fourth-order valence-electron chi connectivity index (χ4n) is 2.13. The van der Waals surface area contributed by atoms with Crippen LogP contribution in [-0.2, 0) is 4.74 Å². The number of rotatable bonds is 6. The molecule has 1 rings (SSSR count). The number of aliphatic hydroxyl groups excluding tert-OH is 1. The Morgan fingerprint density at radius 2 is 2.29 bits per heavy atom. The van der Waals surface area contributed by atoms with Gasteiger partial charge in [0.25, 0.3) is 0 Å². The normalized spacial score (nSPS) is 26.4. The molecular formula is C12H24O2. The van der Waals surface area contributed by atoms with Gasteiger partial charge in [-0.2, -0.15) is 0 Å². The predicted octanol–water partition coefficient (Wildman–Crippen LogP) is 2.60. The van der Waals surface area contributed by atoms with Gasteiger partial charge in [0.1, 0.15) is 0 Å². The van der Waals surface area contributed by atoms with Crippen LogP contribution in [0.25, 0.3) is 0 Å². The largest absolute Gasteiger partial charge is 0.393 e. The molecule has 0 aromatic carbocycles. The highest BCUT2D eigenvalue weighted by Crippen LogP contribution is 2.23. The van der Waals surface area contributed by atoms with E-state index in [-0.39, 0.29) is 6.10 Å². The predicted molar refractivity (Wildman–Crippen MR) is 58.2 cm³/mol. The average Bonchev–Trinajstić information content (AvgIpc) is 2.67. The zero-order valence-corrected chi connectivity index (χ0v) is 9.54. The van der Waals surface area contributed by atoms with Gasteiger partial charge < -0.3 is 9.84 Å². The van der Waals surface area contributed by atoms with Crippen LogP contribution in [-0.4, -0.2) is 24.4 Å². The number of hydrogen-bond acceptors (Lipinski definition) is 2. The van der Waals surface area contributed by atoms with Gasteiger partial charge in [-0.05, 0) is 18.8 Å². The van der Waals surface area contributed by atoms with Crippen LogP contribution in [0.4, 0.5) is 0 Å². The van der Waals surface area contributed by atoms with E-state index >= 15 is 0 Å². The van der Waals surface area contributed by atoms with E-state index in [9.17, 15) is 5.11 Å². The van der Waals surface area contributed by atoms with Gasteiger partial charge in [-0.1, -0.05) is 33.1 Å². The Morgan fingerprint density at radius 1 is 1.50 bits per heavy atom. The minimum atomic E-state index is -0.135. The van der Waals surface area contributed by atoms with Crippen LogP contribution < -0.4 is 0 Å². The number of unbranched alkanes of at least 4 members (excludes halogenated alkanes) is 1. The molecule has 3 atom stereocenters. The van der Waals surface area contributed by atoms with Crippen molar-refractivity contribution in [2.75, 3.05) is 13.2 Å². The van der Waals surface area contributed by atoms with Crippen molar-refractivity contribution >= 4 is 0 Å². The molecule has 1 saturated heterocycles. The molecule has 1 heterocycles. The minimum Gasteiger partial charge on any atom is -0.393 e. The van der Waals surface area contributed by atoms with E-state index in [0.29, 0.717) is 11.8 Å². The molecule has 0 aliphatic carbocycles. The van der Waals surface area contributed by atoms with Crippen molar-refractivity contribution in [2.45, 2.75) is 52.1 Å². The van der Waals surface area contributed by atoms with Crippen molar-refractivity contribution < 1.29 is 9.84 Å². The maximum absolute atomic E-state index is 9.94. The first kappa shape index (κ1) is 12.0. The molecule has 0 radical (unpaired) electrons. The summed E-state index contributed by atoms with van der Waals surface area (Å²) >= 11 is 0. The number of aliphatic hydroxyl groups is 1. The number of ether oxygens (including phenoxy) is 1. The Hall–Kier alpha value is -0.0800. The van der Waals surface area contributed by atoms with Crippen LogP contribution in [0.5, 0.6) is 0 Å². The molecule has 1 aliphatic rings. The van der Waals surface area contributed by atoms with Crippen molar-refractivity contribution in [2.24, 2.45) is 11.8 Å². The van der Waals surface area contributed by atoms with E-state index in [1.165, 1.54) is 19.3 Å². The van der Waals surface area contributed by atoms with Crippen LogP contribution >= 0.6 is 0 Å². The van der Waals surface area contributed by atoms with Crippen molar-refractivity contribution in [3.8, 4) is 0 Å². The molecule has 3 unspecified atom stereocenters. The van der Waals surface area contributed by atoms with Gasteiger partial charge in [-0.15, -0.1) is 0 Å². The fourth-order valence-corrected chi connectivity index (χ4v) is 2.13. The molecule has 0 spiro atoms. The van der Waals surface area contributed by atoms with Crippen molar-refractivity contribution in [1.29, 1.82) is 0 Å². The zero-order valence-electron chi connectivity index (χ0n) is 9.54. The summed E-state index contributed by atoms with van der Waals surface area (Å²) in [5.41, 5.74) is 0. The van der Waals surface area contributed by atoms with E-state index in [2.05, 4.69) is 13.8 Å². The monoisotopic (exact) mass is 200 g/mol. The maximum Gasteiger partial charge on any atom is 0.0593 e. The Balaban J connectivity index is 2.14. The summed E-state index contributed by atoms with van der Waals surface area (Å²) in [5.74, 6) is 1.06. The molecule has 0 aromatic heterocycles. The topological polar surface area (TPSA) is 29.5 Å². The Kier molecular flexibility index (Phi) is 5.49. The molecule has 0 aromatic rings. The molecular weight excluding hydrogens is 176 g/mol. The molecule has 1 N–H and O–H groups in total. The van der Waals surface area contributed by atoms with Crippen LogP contribution in [0.1, 0.15) is 46.0 Å². The third-order valence-electron chi connectivity index (χ3n) is 3.20. The van der Waals surface area contributed by atoms with Gasteiger partial charge in [-0.25, -0.2) is 0 Å². The third-order valence-corrected chi connectivity index (χ3v) is 3.20. The molecule has 84 valence electrons. The second kappa shape index (κ2) is 6.41. The summed E-state index contributed by atoms with van der Waals surface area (Å²) in [5, 5.41) is 9.94. The van der Waals surface area contributed by atoms with E-state index in [1.54, 1.807) is 0 Å². The summed E-state index contributed by atoms with van der Waals surface area (Å²) in [4.78, 5) is 0. The third kappa shape index (κ3) is 3.97. The van der Waals surface area contributed by atoms with Gasteiger partial charge in [0.05, 0.1) is 12.7 Å². The highest BCUT2D eigenvalue weighted by Gasteiger charge is 2.24. The van der Waals surface area contributed by atoms with Gasteiger partial charge >= 0.3 is 0 Å². The highest BCUT2D eigenvalue weighted by molar-refractivity contribution is 4.74. The first-order chi connectivity index (χ1) is 6.74. The Labute approximate surface area is 87.7 Å². The average molecular weight is 200 g/mol. The first-order valence-electron chi connectivity index (χ1n) is 5.99. The minimum absolute atomic E-state index is 0.135. The molecule has 2 heteroatoms. The lowest BCUT2D eigenvalue weighted by molar-refractivity contribution is 0.0714. The van der Waals surface area contributed by atoms with Gasteiger partial charge in [0.2, 0.25) is 0 Å². The lowest BCUT2D eigenvalue weighted by Gasteiger charge is -2.20. The summed E-state index contributed by atoms with van der Waals surface area (Å²) in [6.07, 6.45) is 5.66. The molecule has 1 aliphatic heterocycles. The van der Waals surface area contributed by atoms with Crippen LogP contribution in [0, 0.1) is 11.8 Å². The second-order valence-corrected chi connectivity index (χ2v) is 4.67. The van der Waals surface area contributed by atoms with Crippen LogP contribution in [0.2, 0.25) is 0 Å². The van der Waals surface area contributed by atoms with E-state index in [0.717, 1.165) is 26.1 Å². The van der Waals surface area contributed by atoms with E-state index in [1.807, 2.05) is 0 Å². The molecule has 1 fully saturated rings. The van der Waals surface area contributed by atoms with Crippen molar-refractivity contribution in [1.82, 2.24) is 0 Å². The smallest absolute Gasteiger partial charge is 0.0593 e. The molecule has 2 nitrogen and oxygen atoms in total. The van der Waals surface area contributed by atoms with E-state index in [4.69, 9.17) is 4.74 Å². The fraction of sp³-hybridized carbons (Fsp3) is 1.00. The Morgan fingerprint density at radius 3 is 2.86 bits per heavy atom. The molecule has 0 bridgehead atoms. The van der Waals surface area contributed by atoms with Crippen LogP contribution in [0.15, 0.2) is 0 Å². The molecule has 0 saturated carbocycles. The van der Waals surface area contributed by atoms with Gasteiger partial charge in [0, 0.05) is 12.5 Å². The SMILES string of the molecule is CCCCC(C)CC(O)C1CCOC1. The van der Waals surface area contributed by atoms with Crippen molar-refractivity contribution in [3.05, 3.63) is 0 Å².